The zero-order chi connectivity index (χ0) is 19.7. The molecule has 5 heteroatoms. The molecule has 2 heterocycles. The van der Waals surface area contributed by atoms with Gasteiger partial charge in [0.2, 0.25) is 0 Å². The molecule has 1 aliphatic rings. The van der Waals surface area contributed by atoms with Crippen LogP contribution in [0.1, 0.15) is 31.1 Å². The maximum atomic E-state index is 13.4. The fourth-order valence-corrected chi connectivity index (χ4v) is 4.01. The van der Waals surface area contributed by atoms with Gasteiger partial charge in [0.1, 0.15) is 5.75 Å². The number of nitrogens with one attached hydrogen (secondary N) is 1. The van der Waals surface area contributed by atoms with Crippen molar-refractivity contribution < 1.29 is 9.53 Å². The van der Waals surface area contributed by atoms with Gasteiger partial charge in [-0.1, -0.05) is 44.2 Å². The molecule has 0 radical (unpaired) electrons. The molecule has 0 unspecified atom stereocenters. The highest BCUT2D eigenvalue weighted by atomic mass is 16.5. The van der Waals surface area contributed by atoms with Gasteiger partial charge < -0.3 is 19.5 Å². The third-order valence-corrected chi connectivity index (χ3v) is 5.25. The van der Waals surface area contributed by atoms with Gasteiger partial charge in [0.15, 0.2) is 0 Å². The summed E-state index contributed by atoms with van der Waals surface area (Å²) in [4.78, 5) is 15.3. The van der Waals surface area contributed by atoms with E-state index in [2.05, 4.69) is 48.1 Å². The molecule has 2 amide bonds. The summed E-state index contributed by atoms with van der Waals surface area (Å²) in [5, 5.41) is 3.05. The second kappa shape index (κ2) is 7.43. The first-order chi connectivity index (χ1) is 13.6. The van der Waals surface area contributed by atoms with Gasteiger partial charge in [0.25, 0.3) is 0 Å². The number of carbonyl (C=O) groups excluding carboxylic acids is 1. The highest BCUT2D eigenvalue weighted by molar-refractivity contribution is 5.91. The van der Waals surface area contributed by atoms with Gasteiger partial charge in [0, 0.05) is 11.9 Å². The molecule has 28 heavy (non-hydrogen) atoms. The fraction of sp³-hybridized carbons (Fsp3) is 0.261. The molecule has 1 aromatic heterocycles. The maximum absolute atomic E-state index is 13.4. The van der Waals surface area contributed by atoms with Gasteiger partial charge >= 0.3 is 6.03 Å². The summed E-state index contributed by atoms with van der Waals surface area (Å²) in [6.07, 6.45) is 2.07. The van der Waals surface area contributed by atoms with Crippen LogP contribution in [0.5, 0.6) is 5.75 Å². The number of methoxy groups -OCH3 is 1. The normalized spacial score (nSPS) is 15.6. The molecule has 0 bridgehead atoms. The average molecular weight is 375 g/mol. The lowest BCUT2D eigenvalue weighted by molar-refractivity contribution is 0.162. The summed E-state index contributed by atoms with van der Waals surface area (Å²) in [7, 11) is 1.61. The van der Waals surface area contributed by atoms with Crippen molar-refractivity contribution in [2.75, 3.05) is 12.4 Å². The number of aromatic nitrogens is 1. The number of anilines is 1. The third-order valence-electron chi connectivity index (χ3n) is 5.25. The molecular formula is C23H25N3O2. The van der Waals surface area contributed by atoms with Crippen molar-refractivity contribution in [3.05, 3.63) is 78.1 Å². The Morgan fingerprint density at radius 3 is 2.61 bits per heavy atom. The molecule has 0 saturated carbocycles. The lowest BCUT2D eigenvalue weighted by Gasteiger charge is -2.33. The number of benzene rings is 2. The lowest BCUT2D eigenvalue weighted by atomic mass is 9.99. The summed E-state index contributed by atoms with van der Waals surface area (Å²) in [5.74, 6) is 0.905. The summed E-state index contributed by atoms with van der Waals surface area (Å²) in [6, 6.07) is 19.7. The fourth-order valence-electron chi connectivity index (χ4n) is 4.01. The number of para-hydroxylation sites is 3. The number of fused-ring (bicyclic) bond motifs is 3. The molecule has 2 aromatic carbocycles. The molecule has 0 aliphatic carbocycles. The highest BCUT2D eigenvalue weighted by Gasteiger charge is 2.33. The van der Waals surface area contributed by atoms with Crippen molar-refractivity contribution in [1.29, 1.82) is 0 Å². The number of urea groups is 1. The van der Waals surface area contributed by atoms with Crippen LogP contribution in [-0.2, 0) is 6.54 Å². The van der Waals surface area contributed by atoms with Gasteiger partial charge in [-0.2, -0.15) is 0 Å². The second-order valence-corrected chi connectivity index (χ2v) is 7.38. The van der Waals surface area contributed by atoms with Crippen LogP contribution in [0.25, 0.3) is 5.69 Å². The van der Waals surface area contributed by atoms with E-state index in [1.54, 1.807) is 7.11 Å². The Balaban J connectivity index is 1.76. The van der Waals surface area contributed by atoms with Crippen LogP contribution in [0.2, 0.25) is 0 Å². The van der Waals surface area contributed by atoms with Crippen LogP contribution >= 0.6 is 0 Å². The maximum Gasteiger partial charge on any atom is 0.322 e. The van der Waals surface area contributed by atoms with Crippen LogP contribution < -0.4 is 10.1 Å². The van der Waals surface area contributed by atoms with E-state index in [4.69, 9.17) is 4.74 Å². The van der Waals surface area contributed by atoms with Crippen molar-refractivity contribution in [2.24, 2.45) is 5.92 Å². The van der Waals surface area contributed by atoms with Gasteiger partial charge in [-0.3, -0.25) is 0 Å². The first-order valence-electron chi connectivity index (χ1n) is 9.56. The number of hydrogen-bond acceptors (Lipinski definition) is 2. The summed E-state index contributed by atoms with van der Waals surface area (Å²) in [5.41, 5.74) is 4.04. The van der Waals surface area contributed by atoms with Crippen molar-refractivity contribution in [3.8, 4) is 11.4 Å². The van der Waals surface area contributed by atoms with E-state index >= 15 is 0 Å². The summed E-state index contributed by atoms with van der Waals surface area (Å²) < 4.78 is 7.60. The molecular weight excluding hydrogens is 350 g/mol. The van der Waals surface area contributed by atoms with Crippen molar-refractivity contribution in [2.45, 2.75) is 26.4 Å². The number of nitrogens with zero attached hydrogens (tertiary/aromatic N) is 2. The monoisotopic (exact) mass is 375 g/mol. The minimum absolute atomic E-state index is 0.0443. The Morgan fingerprint density at radius 1 is 1.07 bits per heavy atom. The van der Waals surface area contributed by atoms with Gasteiger partial charge in [-0.05, 0) is 41.8 Å². The van der Waals surface area contributed by atoms with E-state index in [-0.39, 0.29) is 18.0 Å². The minimum atomic E-state index is -0.132. The van der Waals surface area contributed by atoms with Gasteiger partial charge in [-0.25, -0.2) is 4.79 Å². The third kappa shape index (κ3) is 3.13. The van der Waals surface area contributed by atoms with Crippen LogP contribution in [0.4, 0.5) is 10.5 Å². The zero-order valence-corrected chi connectivity index (χ0v) is 16.4. The molecule has 3 aromatic rings. The lowest BCUT2D eigenvalue weighted by Crippen LogP contribution is -2.39. The smallest absolute Gasteiger partial charge is 0.322 e. The number of amides is 2. The molecule has 4 rings (SSSR count). The zero-order valence-electron chi connectivity index (χ0n) is 16.4. The van der Waals surface area contributed by atoms with Gasteiger partial charge in [-0.15, -0.1) is 0 Å². The first-order valence-corrected chi connectivity index (χ1v) is 9.56. The molecule has 0 saturated heterocycles. The predicted octanol–water partition coefficient (Wildman–Crippen LogP) is 5.23. The number of hydrogen-bond donors (Lipinski definition) is 1. The Morgan fingerprint density at radius 2 is 1.82 bits per heavy atom. The summed E-state index contributed by atoms with van der Waals surface area (Å²) in [6.45, 7) is 4.85. The Hall–Kier alpha value is -3.21. The molecule has 5 nitrogen and oxygen atoms in total. The topological polar surface area (TPSA) is 46.5 Å². The van der Waals surface area contributed by atoms with Crippen molar-refractivity contribution >= 4 is 11.7 Å². The van der Waals surface area contributed by atoms with Crippen LogP contribution in [0.15, 0.2) is 66.9 Å². The first kappa shape index (κ1) is 18.2. The van der Waals surface area contributed by atoms with Crippen LogP contribution in [0.3, 0.4) is 0 Å². The number of ether oxygens (including phenoxy) is 1. The molecule has 1 atom stereocenters. The molecule has 0 fully saturated rings. The van der Waals surface area contributed by atoms with Crippen molar-refractivity contribution in [3.63, 3.8) is 0 Å². The van der Waals surface area contributed by atoms with E-state index in [1.807, 2.05) is 47.4 Å². The molecule has 1 N–H and O–H groups in total. The van der Waals surface area contributed by atoms with Crippen molar-refractivity contribution in [1.82, 2.24) is 9.47 Å². The van der Waals surface area contributed by atoms with Crippen LogP contribution in [-0.4, -0.2) is 22.6 Å². The van der Waals surface area contributed by atoms with E-state index in [0.29, 0.717) is 18.0 Å². The Labute approximate surface area is 165 Å². The van der Waals surface area contributed by atoms with Crippen LogP contribution in [0, 0.1) is 5.92 Å². The highest BCUT2D eigenvalue weighted by Crippen LogP contribution is 2.37. The van der Waals surface area contributed by atoms with E-state index in [0.717, 1.165) is 16.9 Å². The molecule has 1 aliphatic heterocycles. The predicted molar refractivity (Wildman–Crippen MR) is 111 cm³/mol. The molecule has 144 valence electrons. The van der Waals surface area contributed by atoms with E-state index in [1.165, 1.54) is 0 Å². The largest absolute Gasteiger partial charge is 0.495 e. The summed E-state index contributed by atoms with van der Waals surface area (Å²) >= 11 is 0. The molecule has 0 spiro atoms. The Bertz CT molecular complexity index is 993. The SMILES string of the molecule is COc1ccccc1NC(=O)N1Cc2ccccc2-n2cccc2[C@@H]1C(C)C. The van der Waals surface area contributed by atoms with Gasteiger partial charge in [0.05, 0.1) is 31.1 Å². The number of carbonyl (C=O) groups is 1. The quantitative estimate of drug-likeness (QED) is 0.681. The minimum Gasteiger partial charge on any atom is -0.495 e. The standard InChI is InChI=1S/C23H25N3O2/c1-16(2)22-20-12-8-14-25(20)19-11-6-4-9-17(19)15-26(22)23(27)24-18-10-5-7-13-21(18)28-3/h4-14,16,22H,15H2,1-3H3,(H,24,27)/t22-/m0/s1. The van der Waals surface area contributed by atoms with E-state index < -0.39 is 0 Å². The Kier molecular flexibility index (Phi) is 4.82. The van der Waals surface area contributed by atoms with E-state index in [9.17, 15) is 4.79 Å². The average Bonchev–Trinajstić information content (AvgIpc) is 3.11. The number of rotatable bonds is 3. The second-order valence-electron chi connectivity index (χ2n) is 7.38.